The van der Waals surface area contributed by atoms with Crippen LogP contribution in [0, 0.1) is 0 Å². The number of carboxylic acids is 1. The number of aliphatic carboxylic acids is 1. The molecule has 0 aromatic heterocycles. The van der Waals surface area contributed by atoms with Crippen molar-refractivity contribution >= 4 is 12.1 Å². The molecule has 132 valence electrons. The second-order valence-electron chi connectivity index (χ2n) is 7.50. The van der Waals surface area contributed by atoms with Crippen LogP contribution >= 0.6 is 0 Å². The van der Waals surface area contributed by atoms with Gasteiger partial charge in [0.15, 0.2) is 0 Å². The van der Waals surface area contributed by atoms with Crippen LogP contribution in [0.5, 0.6) is 0 Å². The Bertz CT molecular complexity index is 598. The van der Waals surface area contributed by atoms with Gasteiger partial charge in [0.05, 0.1) is 5.41 Å². The van der Waals surface area contributed by atoms with Crippen molar-refractivity contribution < 1.29 is 19.4 Å². The van der Waals surface area contributed by atoms with E-state index < -0.39 is 23.1 Å². The van der Waals surface area contributed by atoms with Crippen molar-refractivity contribution in [2.45, 2.75) is 70.4 Å². The molecule has 1 fully saturated rings. The summed E-state index contributed by atoms with van der Waals surface area (Å²) in [5.74, 6) is -0.751. The highest BCUT2D eigenvalue weighted by molar-refractivity contribution is 5.81. The van der Waals surface area contributed by atoms with E-state index in [9.17, 15) is 14.7 Å². The molecule has 0 unspecified atom stereocenters. The smallest absolute Gasteiger partial charge is 0.407 e. The summed E-state index contributed by atoms with van der Waals surface area (Å²) in [7, 11) is 0. The number of rotatable bonds is 4. The standard InChI is InChI=1S/C19H27NO4/c1-18(2,3)24-17(23)20-13-14-8-7-9-15(12-14)19(16(21)22)10-5-4-6-11-19/h7-9,12H,4-6,10-11,13H2,1-3H3,(H,20,23)(H,21,22). The van der Waals surface area contributed by atoms with Crippen molar-refractivity contribution in [3.8, 4) is 0 Å². The SMILES string of the molecule is CC(C)(C)OC(=O)NCc1cccc(C2(C(=O)O)CCCCC2)c1. The number of amides is 1. The molecule has 0 saturated heterocycles. The lowest BCUT2D eigenvalue weighted by Crippen LogP contribution is -2.38. The summed E-state index contributed by atoms with van der Waals surface area (Å²) in [6, 6.07) is 7.53. The lowest BCUT2D eigenvalue weighted by atomic mass is 9.69. The van der Waals surface area contributed by atoms with Crippen molar-refractivity contribution in [1.82, 2.24) is 5.32 Å². The zero-order chi connectivity index (χ0) is 17.8. The fourth-order valence-corrected chi connectivity index (χ4v) is 3.25. The number of ether oxygens (including phenoxy) is 1. The summed E-state index contributed by atoms with van der Waals surface area (Å²) in [5.41, 5.74) is 0.379. The van der Waals surface area contributed by atoms with E-state index in [1.807, 2.05) is 45.0 Å². The van der Waals surface area contributed by atoms with Gasteiger partial charge in [-0.15, -0.1) is 0 Å². The summed E-state index contributed by atoms with van der Waals surface area (Å²) in [4.78, 5) is 23.7. The molecule has 1 aromatic rings. The number of alkyl carbamates (subject to hydrolysis) is 1. The largest absolute Gasteiger partial charge is 0.481 e. The van der Waals surface area contributed by atoms with E-state index >= 15 is 0 Å². The minimum absolute atomic E-state index is 0.318. The van der Waals surface area contributed by atoms with Crippen molar-refractivity contribution in [1.29, 1.82) is 0 Å². The zero-order valence-electron chi connectivity index (χ0n) is 14.7. The maximum absolute atomic E-state index is 11.9. The summed E-state index contributed by atoms with van der Waals surface area (Å²) in [6.45, 7) is 5.76. The van der Waals surface area contributed by atoms with Crippen molar-refractivity contribution in [3.63, 3.8) is 0 Å². The monoisotopic (exact) mass is 333 g/mol. The van der Waals surface area contributed by atoms with E-state index in [0.717, 1.165) is 30.4 Å². The van der Waals surface area contributed by atoms with E-state index in [0.29, 0.717) is 19.4 Å². The van der Waals surface area contributed by atoms with Gasteiger partial charge in [0, 0.05) is 6.54 Å². The van der Waals surface area contributed by atoms with Gasteiger partial charge < -0.3 is 15.2 Å². The van der Waals surface area contributed by atoms with Gasteiger partial charge >= 0.3 is 12.1 Å². The van der Waals surface area contributed by atoms with E-state index in [1.54, 1.807) is 0 Å². The topological polar surface area (TPSA) is 75.6 Å². The Morgan fingerprint density at radius 1 is 1.21 bits per heavy atom. The summed E-state index contributed by atoms with van der Waals surface area (Å²) < 4.78 is 5.22. The Morgan fingerprint density at radius 2 is 1.88 bits per heavy atom. The first-order valence-electron chi connectivity index (χ1n) is 8.53. The van der Waals surface area contributed by atoms with Crippen LogP contribution in [-0.2, 0) is 21.5 Å². The second-order valence-corrected chi connectivity index (χ2v) is 7.50. The van der Waals surface area contributed by atoms with Gasteiger partial charge in [-0.1, -0.05) is 43.5 Å². The summed E-state index contributed by atoms with van der Waals surface area (Å²) in [5, 5.41) is 12.5. The molecule has 1 saturated carbocycles. The molecule has 5 nitrogen and oxygen atoms in total. The molecule has 1 aliphatic carbocycles. The molecule has 2 rings (SSSR count). The van der Waals surface area contributed by atoms with Crippen LogP contribution in [0.1, 0.15) is 64.0 Å². The minimum atomic E-state index is -0.791. The second kappa shape index (κ2) is 7.24. The third kappa shape index (κ3) is 4.49. The maximum atomic E-state index is 11.9. The van der Waals surface area contributed by atoms with Gasteiger partial charge in [0.1, 0.15) is 5.60 Å². The van der Waals surface area contributed by atoms with Gasteiger partial charge in [-0.2, -0.15) is 0 Å². The molecule has 5 heteroatoms. The molecule has 2 N–H and O–H groups in total. The first-order chi connectivity index (χ1) is 11.2. The van der Waals surface area contributed by atoms with E-state index in [2.05, 4.69) is 5.32 Å². The maximum Gasteiger partial charge on any atom is 0.407 e. The Labute approximate surface area is 143 Å². The zero-order valence-corrected chi connectivity index (χ0v) is 14.7. The molecule has 24 heavy (non-hydrogen) atoms. The third-order valence-electron chi connectivity index (χ3n) is 4.43. The number of carbonyl (C=O) groups excluding carboxylic acids is 1. The number of carboxylic acid groups (broad SMARTS) is 1. The van der Waals surface area contributed by atoms with Gasteiger partial charge in [0.2, 0.25) is 0 Å². The molecule has 1 amide bonds. The average Bonchev–Trinajstić information content (AvgIpc) is 2.52. The van der Waals surface area contributed by atoms with Crippen molar-refractivity contribution in [3.05, 3.63) is 35.4 Å². The average molecular weight is 333 g/mol. The van der Waals surface area contributed by atoms with Crippen molar-refractivity contribution in [2.24, 2.45) is 0 Å². The Balaban J connectivity index is 2.11. The van der Waals surface area contributed by atoms with Gasteiger partial charge in [-0.05, 0) is 44.7 Å². The molecule has 0 radical (unpaired) electrons. The lowest BCUT2D eigenvalue weighted by Gasteiger charge is -2.34. The fourth-order valence-electron chi connectivity index (χ4n) is 3.25. The van der Waals surface area contributed by atoms with Crippen LogP contribution in [0.3, 0.4) is 0 Å². The Kier molecular flexibility index (Phi) is 5.52. The van der Waals surface area contributed by atoms with Crippen molar-refractivity contribution in [2.75, 3.05) is 0 Å². The van der Waals surface area contributed by atoms with Gasteiger partial charge in [0.25, 0.3) is 0 Å². The third-order valence-corrected chi connectivity index (χ3v) is 4.43. The normalized spacial score (nSPS) is 17.1. The highest BCUT2D eigenvalue weighted by Crippen LogP contribution is 2.40. The van der Waals surface area contributed by atoms with E-state index in [4.69, 9.17) is 4.74 Å². The quantitative estimate of drug-likeness (QED) is 0.873. The Hall–Kier alpha value is -2.04. The molecule has 0 aliphatic heterocycles. The summed E-state index contributed by atoms with van der Waals surface area (Å²) in [6.07, 6.45) is 3.84. The molecule has 1 aromatic carbocycles. The number of carbonyl (C=O) groups is 2. The summed E-state index contributed by atoms with van der Waals surface area (Å²) >= 11 is 0. The van der Waals surface area contributed by atoms with E-state index in [-0.39, 0.29) is 0 Å². The highest BCUT2D eigenvalue weighted by Gasteiger charge is 2.41. The molecular weight excluding hydrogens is 306 g/mol. The molecular formula is C19H27NO4. The number of nitrogens with one attached hydrogen (secondary N) is 1. The van der Waals surface area contributed by atoms with Gasteiger partial charge in [-0.25, -0.2) is 4.79 Å². The van der Waals surface area contributed by atoms with Crippen LogP contribution in [0.25, 0.3) is 0 Å². The number of hydrogen-bond donors (Lipinski definition) is 2. The molecule has 1 aliphatic rings. The van der Waals surface area contributed by atoms with Crippen LogP contribution in [0.15, 0.2) is 24.3 Å². The van der Waals surface area contributed by atoms with Crippen LogP contribution in [-0.4, -0.2) is 22.8 Å². The lowest BCUT2D eigenvalue weighted by molar-refractivity contribution is -0.145. The predicted octanol–water partition coefficient (Wildman–Crippen LogP) is 4.00. The first-order valence-corrected chi connectivity index (χ1v) is 8.53. The Morgan fingerprint density at radius 3 is 2.46 bits per heavy atom. The van der Waals surface area contributed by atoms with E-state index in [1.165, 1.54) is 0 Å². The minimum Gasteiger partial charge on any atom is -0.481 e. The van der Waals surface area contributed by atoms with Gasteiger partial charge in [-0.3, -0.25) is 4.79 Å². The van der Waals surface area contributed by atoms with Crippen LogP contribution in [0.2, 0.25) is 0 Å². The first kappa shape index (κ1) is 18.3. The number of hydrogen-bond acceptors (Lipinski definition) is 3. The molecule has 0 spiro atoms. The number of benzene rings is 1. The molecule has 0 atom stereocenters. The fraction of sp³-hybridized carbons (Fsp3) is 0.579. The molecule has 0 bridgehead atoms. The highest BCUT2D eigenvalue weighted by atomic mass is 16.6. The van der Waals surface area contributed by atoms with Crippen LogP contribution in [0.4, 0.5) is 4.79 Å². The predicted molar refractivity (Wildman–Crippen MR) is 91.9 cm³/mol. The van der Waals surface area contributed by atoms with Crippen LogP contribution < -0.4 is 5.32 Å². The molecule has 0 heterocycles.